The molecule has 6 heteroatoms. The van der Waals surface area contributed by atoms with Crippen molar-refractivity contribution in [3.63, 3.8) is 0 Å². The van der Waals surface area contributed by atoms with Crippen molar-refractivity contribution in [2.45, 2.75) is 19.8 Å². The Balaban J connectivity index is 2.18. The Morgan fingerprint density at radius 3 is 2.50 bits per heavy atom. The molecule has 0 aromatic heterocycles. The molecule has 2 amide bonds. The van der Waals surface area contributed by atoms with Gasteiger partial charge in [0.15, 0.2) is 0 Å². The second-order valence-electron chi connectivity index (χ2n) is 4.22. The zero-order chi connectivity index (χ0) is 12.0. The van der Waals surface area contributed by atoms with Crippen LogP contribution in [0.5, 0.6) is 0 Å². The Kier molecular flexibility index (Phi) is 5.21. The largest absolute Gasteiger partial charge is 0.356 e. The van der Waals surface area contributed by atoms with E-state index in [1.165, 1.54) is 6.92 Å². The minimum Gasteiger partial charge on any atom is -0.356 e. The highest BCUT2D eigenvalue weighted by molar-refractivity contribution is 5.77. The quantitative estimate of drug-likeness (QED) is 0.321. The monoisotopic (exact) mass is 228 g/mol. The van der Waals surface area contributed by atoms with Crippen LogP contribution in [0.15, 0.2) is 0 Å². The Bertz CT molecular complexity index is 249. The smallest absolute Gasteiger partial charge is 0.248 e. The molecule has 1 aliphatic heterocycles. The molecule has 0 spiro atoms. The van der Waals surface area contributed by atoms with Crippen molar-refractivity contribution in [3.05, 3.63) is 0 Å². The number of piperidine rings is 1. The van der Waals surface area contributed by atoms with Crippen LogP contribution < -0.4 is 16.6 Å². The van der Waals surface area contributed by atoms with E-state index in [1.807, 2.05) is 0 Å². The maximum atomic E-state index is 11.0. The summed E-state index contributed by atoms with van der Waals surface area (Å²) in [6.07, 6.45) is 2.02. The van der Waals surface area contributed by atoms with Crippen molar-refractivity contribution in [2.24, 2.45) is 11.8 Å². The Morgan fingerprint density at radius 1 is 1.38 bits per heavy atom. The summed E-state index contributed by atoms with van der Waals surface area (Å²) in [6.45, 7) is 4.41. The SMILES string of the molecule is CC(=O)NCC1CCN(CC(=O)NN)CC1. The summed E-state index contributed by atoms with van der Waals surface area (Å²) in [7, 11) is 0. The van der Waals surface area contributed by atoms with Crippen LogP contribution in [0.4, 0.5) is 0 Å². The summed E-state index contributed by atoms with van der Waals surface area (Å²) >= 11 is 0. The van der Waals surface area contributed by atoms with Gasteiger partial charge in [0.05, 0.1) is 6.54 Å². The summed E-state index contributed by atoms with van der Waals surface area (Å²) in [5, 5.41) is 2.83. The van der Waals surface area contributed by atoms with E-state index in [2.05, 4.69) is 15.6 Å². The predicted molar refractivity (Wildman–Crippen MR) is 60.2 cm³/mol. The number of nitrogens with zero attached hydrogens (tertiary/aromatic N) is 1. The van der Waals surface area contributed by atoms with Crippen LogP contribution >= 0.6 is 0 Å². The number of carbonyl (C=O) groups excluding carboxylic acids is 2. The Morgan fingerprint density at radius 2 is 2.00 bits per heavy atom. The van der Waals surface area contributed by atoms with Crippen molar-refractivity contribution >= 4 is 11.8 Å². The third-order valence-electron chi connectivity index (χ3n) is 2.88. The van der Waals surface area contributed by atoms with Gasteiger partial charge in [-0.1, -0.05) is 0 Å². The molecular formula is C10H20N4O2. The first-order chi connectivity index (χ1) is 7.61. The highest BCUT2D eigenvalue weighted by atomic mass is 16.2. The van der Waals surface area contributed by atoms with E-state index in [-0.39, 0.29) is 11.8 Å². The zero-order valence-electron chi connectivity index (χ0n) is 9.66. The first-order valence-corrected chi connectivity index (χ1v) is 5.58. The molecule has 1 fully saturated rings. The lowest BCUT2D eigenvalue weighted by Gasteiger charge is -2.31. The van der Waals surface area contributed by atoms with Gasteiger partial charge in [-0.05, 0) is 31.8 Å². The van der Waals surface area contributed by atoms with Crippen LogP contribution in [-0.2, 0) is 9.59 Å². The maximum absolute atomic E-state index is 11.0. The molecule has 0 atom stereocenters. The molecule has 6 nitrogen and oxygen atoms in total. The van der Waals surface area contributed by atoms with E-state index >= 15 is 0 Å². The minimum atomic E-state index is -0.152. The molecule has 0 saturated carbocycles. The summed E-state index contributed by atoms with van der Waals surface area (Å²) in [6, 6.07) is 0. The third-order valence-corrected chi connectivity index (χ3v) is 2.88. The van der Waals surface area contributed by atoms with Gasteiger partial charge in [0, 0.05) is 13.5 Å². The molecule has 1 saturated heterocycles. The molecule has 92 valence electrons. The summed E-state index contributed by atoms with van der Waals surface area (Å²) < 4.78 is 0. The lowest BCUT2D eigenvalue weighted by molar-refractivity contribution is -0.122. The van der Waals surface area contributed by atoms with Gasteiger partial charge in [-0.2, -0.15) is 0 Å². The molecule has 0 aromatic carbocycles. The average molecular weight is 228 g/mol. The van der Waals surface area contributed by atoms with Crippen LogP contribution in [0.25, 0.3) is 0 Å². The van der Waals surface area contributed by atoms with E-state index < -0.39 is 0 Å². The molecule has 1 aliphatic rings. The number of rotatable bonds is 4. The zero-order valence-corrected chi connectivity index (χ0v) is 9.66. The average Bonchev–Trinajstić information content (AvgIpc) is 2.28. The number of carbonyl (C=O) groups is 2. The Hall–Kier alpha value is -1.14. The number of likely N-dealkylation sites (tertiary alicyclic amines) is 1. The van der Waals surface area contributed by atoms with Crippen LogP contribution in [0, 0.1) is 5.92 Å². The van der Waals surface area contributed by atoms with E-state index in [9.17, 15) is 9.59 Å². The summed E-state index contributed by atoms with van der Waals surface area (Å²) in [5.74, 6) is 5.42. The number of amides is 2. The number of hydrogen-bond acceptors (Lipinski definition) is 4. The summed E-state index contributed by atoms with van der Waals surface area (Å²) in [4.78, 5) is 23.9. The third kappa shape index (κ3) is 4.59. The second kappa shape index (κ2) is 6.44. The number of nitrogens with one attached hydrogen (secondary N) is 2. The van der Waals surface area contributed by atoms with Crippen molar-refractivity contribution in [3.8, 4) is 0 Å². The number of nitrogens with two attached hydrogens (primary N) is 1. The van der Waals surface area contributed by atoms with Crippen molar-refractivity contribution in [2.75, 3.05) is 26.2 Å². The maximum Gasteiger partial charge on any atom is 0.248 e. The highest BCUT2D eigenvalue weighted by Crippen LogP contribution is 2.15. The highest BCUT2D eigenvalue weighted by Gasteiger charge is 2.20. The molecule has 1 heterocycles. The van der Waals surface area contributed by atoms with Crippen LogP contribution in [0.1, 0.15) is 19.8 Å². The lowest BCUT2D eigenvalue weighted by atomic mass is 9.97. The number of hydrazine groups is 1. The first kappa shape index (κ1) is 12.9. The molecule has 4 N–H and O–H groups in total. The fourth-order valence-electron chi connectivity index (χ4n) is 1.89. The van der Waals surface area contributed by atoms with Crippen LogP contribution in [0.2, 0.25) is 0 Å². The fraction of sp³-hybridized carbons (Fsp3) is 0.800. The second-order valence-corrected chi connectivity index (χ2v) is 4.22. The van der Waals surface area contributed by atoms with Gasteiger partial charge in [-0.25, -0.2) is 5.84 Å². The topological polar surface area (TPSA) is 87.5 Å². The van der Waals surface area contributed by atoms with E-state index in [4.69, 9.17) is 5.84 Å². The summed E-state index contributed by atoms with van der Waals surface area (Å²) in [5.41, 5.74) is 2.13. The number of hydrogen-bond donors (Lipinski definition) is 3. The van der Waals surface area contributed by atoms with E-state index in [0.717, 1.165) is 32.5 Å². The van der Waals surface area contributed by atoms with Crippen molar-refractivity contribution in [1.29, 1.82) is 0 Å². The van der Waals surface area contributed by atoms with Crippen molar-refractivity contribution in [1.82, 2.24) is 15.6 Å². The van der Waals surface area contributed by atoms with Crippen molar-refractivity contribution < 1.29 is 9.59 Å². The van der Waals surface area contributed by atoms with E-state index in [0.29, 0.717) is 12.5 Å². The van der Waals surface area contributed by atoms with Gasteiger partial charge in [0.25, 0.3) is 0 Å². The predicted octanol–water partition coefficient (Wildman–Crippen LogP) is -1.18. The molecular weight excluding hydrogens is 208 g/mol. The van der Waals surface area contributed by atoms with Gasteiger partial charge in [-0.15, -0.1) is 0 Å². The van der Waals surface area contributed by atoms with Gasteiger partial charge >= 0.3 is 0 Å². The molecule has 0 aliphatic carbocycles. The molecule has 0 bridgehead atoms. The lowest BCUT2D eigenvalue weighted by Crippen LogP contribution is -2.44. The van der Waals surface area contributed by atoms with Gasteiger partial charge in [-0.3, -0.25) is 19.9 Å². The fourth-order valence-corrected chi connectivity index (χ4v) is 1.89. The Labute approximate surface area is 95.5 Å². The van der Waals surface area contributed by atoms with E-state index in [1.54, 1.807) is 0 Å². The standard InChI is InChI=1S/C10H20N4O2/c1-8(15)12-6-9-2-4-14(5-3-9)7-10(16)13-11/h9H,2-7,11H2,1H3,(H,12,15)(H,13,16). The first-order valence-electron chi connectivity index (χ1n) is 5.58. The molecule has 16 heavy (non-hydrogen) atoms. The molecule has 0 aromatic rings. The molecule has 1 rings (SSSR count). The van der Waals surface area contributed by atoms with Crippen LogP contribution in [0.3, 0.4) is 0 Å². The van der Waals surface area contributed by atoms with Gasteiger partial charge < -0.3 is 5.32 Å². The minimum absolute atomic E-state index is 0.0185. The van der Waals surface area contributed by atoms with Crippen LogP contribution in [-0.4, -0.2) is 42.9 Å². The van der Waals surface area contributed by atoms with Gasteiger partial charge in [0.2, 0.25) is 11.8 Å². The molecule has 0 unspecified atom stereocenters. The van der Waals surface area contributed by atoms with Gasteiger partial charge in [0.1, 0.15) is 0 Å². The molecule has 0 radical (unpaired) electrons. The normalized spacial score (nSPS) is 18.1.